The Kier molecular flexibility index (Phi) is 5.79. The number of amides is 1. The molecule has 0 atom stereocenters. The minimum Gasteiger partial charge on any atom is -0.367 e. The van der Waals surface area contributed by atoms with Gasteiger partial charge < -0.3 is 9.80 Å². The lowest BCUT2D eigenvalue weighted by molar-refractivity contribution is -0.137. The topological polar surface area (TPSA) is 83.7 Å². The number of carbonyl (C=O) groups is 1. The molecule has 1 fully saturated rings. The predicted octanol–water partition coefficient (Wildman–Crippen LogP) is 2.97. The first-order chi connectivity index (χ1) is 13.5. The molecule has 1 aliphatic heterocycles. The fourth-order valence-corrected chi connectivity index (χ4v) is 3.79. The summed E-state index contributed by atoms with van der Waals surface area (Å²) in [7, 11) is -4.27. The van der Waals surface area contributed by atoms with Gasteiger partial charge in [-0.25, -0.2) is 13.6 Å². The molecule has 11 heteroatoms. The summed E-state index contributed by atoms with van der Waals surface area (Å²) in [5, 5.41) is 5.45. The molecule has 2 aromatic carbocycles. The lowest BCUT2D eigenvalue weighted by Crippen LogP contribution is -2.49. The maximum Gasteiger partial charge on any atom is 0.418 e. The predicted molar refractivity (Wildman–Crippen MR) is 102 cm³/mol. The highest BCUT2D eigenvalue weighted by molar-refractivity contribution is 7.89. The van der Waals surface area contributed by atoms with Gasteiger partial charge in [-0.15, -0.1) is 0 Å². The molecule has 0 bridgehead atoms. The zero-order valence-electron chi connectivity index (χ0n) is 15.0. The van der Waals surface area contributed by atoms with Crippen molar-refractivity contribution >= 4 is 33.2 Å². The second-order valence-electron chi connectivity index (χ2n) is 6.51. The smallest absolute Gasteiger partial charge is 0.367 e. The number of benzene rings is 2. The van der Waals surface area contributed by atoms with E-state index in [1.165, 1.54) is 4.90 Å². The van der Waals surface area contributed by atoms with Crippen LogP contribution in [0.3, 0.4) is 0 Å². The maximum absolute atomic E-state index is 13.5. The average molecular weight is 448 g/mol. The van der Waals surface area contributed by atoms with Crippen LogP contribution in [0.15, 0.2) is 47.4 Å². The number of nitrogens with zero attached hydrogens (tertiary/aromatic N) is 2. The van der Waals surface area contributed by atoms with Crippen LogP contribution in [0.5, 0.6) is 0 Å². The van der Waals surface area contributed by atoms with E-state index in [0.717, 1.165) is 12.1 Å². The first-order valence-electron chi connectivity index (χ1n) is 8.50. The first kappa shape index (κ1) is 21.4. The Morgan fingerprint density at radius 3 is 2.10 bits per heavy atom. The van der Waals surface area contributed by atoms with Crippen molar-refractivity contribution in [1.82, 2.24) is 4.90 Å². The van der Waals surface area contributed by atoms with Gasteiger partial charge in [0.1, 0.15) is 0 Å². The molecular formula is C18H17ClF3N3O3S. The quantitative estimate of drug-likeness (QED) is 0.784. The summed E-state index contributed by atoms with van der Waals surface area (Å²) in [5.74, 6) is -0.234. The summed E-state index contributed by atoms with van der Waals surface area (Å²) in [6.45, 7) is 0.764. The lowest BCUT2D eigenvalue weighted by Gasteiger charge is -2.37. The molecule has 0 saturated carbocycles. The Morgan fingerprint density at radius 2 is 1.59 bits per heavy atom. The lowest BCUT2D eigenvalue weighted by atomic mass is 10.1. The van der Waals surface area contributed by atoms with Crippen LogP contribution in [0, 0.1) is 0 Å². The zero-order chi connectivity index (χ0) is 21.4. The fraction of sp³-hybridized carbons (Fsp3) is 0.278. The standard InChI is InChI=1S/C18H17ClF3N3O3S/c19-13-3-1-12(2-4-13)17(26)25-9-7-24(8-10-25)16-6-5-14(29(23,27)28)11-15(16)18(20,21)22/h1-6,11H,7-10H2,(H2,23,27,28). The van der Waals surface area contributed by atoms with E-state index >= 15 is 0 Å². The Labute approximate surface area is 170 Å². The Bertz CT molecular complexity index is 1020. The van der Waals surface area contributed by atoms with E-state index in [9.17, 15) is 26.4 Å². The van der Waals surface area contributed by atoms with E-state index in [4.69, 9.17) is 16.7 Å². The molecule has 2 N–H and O–H groups in total. The van der Waals surface area contributed by atoms with Crippen LogP contribution in [0.4, 0.5) is 18.9 Å². The van der Waals surface area contributed by atoms with E-state index in [-0.39, 0.29) is 37.8 Å². The van der Waals surface area contributed by atoms with Crippen LogP contribution in [-0.2, 0) is 16.2 Å². The zero-order valence-corrected chi connectivity index (χ0v) is 16.6. The summed E-state index contributed by atoms with van der Waals surface area (Å²) < 4.78 is 63.3. The SMILES string of the molecule is NS(=O)(=O)c1ccc(N2CCN(C(=O)c3ccc(Cl)cc3)CC2)c(C(F)(F)F)c1. The molecule has 1 saturated heterocycles. The third-order valence-corrected chi connectivity index (χ3v) is 5.76. The van der Waals surface area contributed by atoms with Gasteiger partial charge in [-0.3, -0.25) is 4.79 Å². The summed E-state index contributed by atoms with van der Waals surface area (Å²) in [5.41, 5.74) is -0.790. The van der Waals surface area contributed by atoms with Crippen molar-refractivity contribution in [3.63, 3.8) is 0 Å². The van der Waals surface area contributed by atoms with Gasteiger partial charge in [-0.2, -0.15) is 13.2 Å². The first-order valence-corrected chi connectivity index (χ1v) is 10.4. The Hall–Kier alpha value is -2.30. The number of nitrogens with two attached hydrogens (primary N) is 1. The summed E-state index contributed by atoms with van der Waals surface area (Å²) in [6.07, 6.45) is -4.76. The molecule has 1 heterocycles. The molecule has 0 unspecified atom stereocenters. The van der Waals surface area contributed by atoms with Crippen molar-refractivity contribution < 1.29 is 26.4 Å². The summed E-state index contributed by atoms with van der Waals surface area (Å²) in [4.78, 5) is 15.0. The van der Waals surface area contributed by atoms with E-state index in [0.29, 0.717) is 16.7 Å². The van der Waals surface area contributed by atoms with Gasteiger partial charge in [-0.05, 0) is 42.5 Å². The minimum atomic E-state index is -4.76. The van der Waals surface area contributed by atoms with Crippen molar-refractivity contribution in [2.45, 2.75) is 11.1 Å². The highest BCUT2D eigenvalue weighted by Gasteiger charge is 2.37. The molecule has 29 heavy (non-hydrogen) atoms. The molecule has 2 aromatic rings. The van der Waals surface area contributed by atoms with Crippen molar-refractivity contribution in [3.8, 4) is 0 Å². The van der Waals surface area contributed by atoms with Gasteiger partial charge in [0.2, 0.25) is 10.0 Å². The van der Waals surface area contributed by atoms with Gasteiger partial charge in [-0.1, -0.05) is 11.6 Å². The van der Waals surface area contributed by atoms with Crippen LogP contribution < -0.4 is 10.0 Å². The van der Waals surface area contributed by atoms with Crippen molar-refractivity contribution in [2.24, 2.45) is 5.14 Å². The van der Waals surface area contributed by atoms with Gasteiger partial charge >= 0.3 is 6.18 Å². The van der Waals surface area contributed by atoms with Crippen LogP contribution in [0.2, 0.25) is 5.02 Å². The largest absolute Gasteiger partial charge is 0.418 e. The Morgan fingerprint density at radius 1 is 1.00 bits per heavy atom. The highest BCUT2D eigenvalue weighted by atomic mass is 35.5. The average Bonchev–Trinajstić information content (AvgIpc) is 2.66. The number of piperazine rings is 1. The second-order valence-corrected chi connectivity index (χ2v) is 8.51. The maximum atomic E-state index is 13.5. The summed E-state index contributed by atoms with van der Waals surface area (Å²) >= 11 is 5.81. The van der Waals surface area contributed by atoms with Crippen LogP contribution >= 0.6 is 11.6 Å². The van der Waals surface area contributed by atoms with E-state index in [1.54, 1.807) is 29.2 Å². The van der Waals surface area contributed by atoms with Gasteiger partial charge in [0.15, 0.2) is 0 Å². The van der Waals surface area contributed by atoms with Gasteiger partial charge in [0, 0.05) is 42.5 Å². The normalized spacial score (nSPS) is 15.5. The molecule has 0 aromatic heterocycles. The van der Waals surface area contributed by atoms with Crippen molar-refractivity contribution in [2.75, 3.05) is 31.1 Å². The molecule has 156 valence electrons. The van der Waals surface area contributed by atoms with Gasteiger partial charge in [0.05, 0.1) is 10.5 Å². The molecular weight excluding hydrogens is 431 g/mol. The number of rotatable bonds is 3. The van der Waals surface area contributed by atoms with Crippen LogP contribution in [0.25, 0.3) is 0 Å². The van der Waals surface area contributed by atoms with E-state index in [1.807, 2.05) is 0 Å². The Balaban J connectivity index is 1.80. The van der Waals surface area contributed by atoms with Gasteiger partial charge in [0.25, 0.3) is 5.91 Å². The van der Waals surface area contributed by atoms with E-state index < -0.39 is 26.7 Å². The monoisotopic (exact) mass is 447 g/mol. The molecule has 0 aliphatic carbocycles. The molecule has 1 amide bonds. The number of hydrogen-bond donors (Lipinski definition) is 1. The number of anilines is 1. The summed E-state index contributed by atoms with van der Waals surface area (Å²) in [6, 6.07) is 9.04. The number of halogens is 4. The number of carbonyl (C=O) groups excluding carboxylic acids is 1. The van der Waals surface area contributed by atoms with E-state index in [2.05, 4.69) is 0 Å². The molecule has 1 aliphatic rings. The highest BCUT2D eigenvalue weighted by Crippen LogP contribution is 2.38. The minimum absolute atomic E-state index is 0.150. The number of sulfonamides is 1. The second kappa shape index (κ2) is 7.85. The van der Waals surface area contributed by atoms with Crippen molar-refractivity contribution in [3.05, 3.63) is 58.6 Å². The van der Waals surface area contributed by atoms with Crippen LogP contribution in [0.1, 0.15) is 15.9 Å². The molecule has 0 spiro atoms. The number of primary sulfonamides is 1. The van der Waals surface area contributed by atoms with Crippen molar-refractivity contribution in [1.29, 1.82) is 0 Å². The third-order valence-electron chi connectivity index (χ3n) is 4.60. The molecule has 3 rings (SSSR count). The molecule has 0 radical (unpaired) electrons. The number of hydrogen-bond acceptors (Lipinski definition) is 4. The number of alkyl halides is 3. The fourth-order valence-electron chi connectivity index (χ4n) is 3.12. The van der Waals surface area contributed by atoms with Crippen LogP contribution in [-0.4, -0.2) is 45.4 Å². The molecule has 6 nitrogen and oxygen atoms in total. The third kappa shape index (κ3) is 4.82.